The van der Waals surface area contributed by atoms with Crippen molar-refractivity contribution in [3.8, 4) is 0 Å². The number of hydrogen-bond donors (Lipinski definition) is 1. The first kappa shape index (κ1) is 11.9. The number of fused-ring (bicyclic) bond motifs is 1. The molecular formula is C16H19NS. The molecule has 0 spiro atoms. The molecule has 94 valence electrons. The van der Waals surface area contributed by atoms with Crippen LogP contribution < -0.4 is 5.73 Å². The number of rotatable bonds is 3. The highest BCUT2D eigenvalue weighted by atomic mass is 32.1. The van der Waals surface area contributed by atoms with Crippen molar-refractivity contribution in [1.82, 2.24) is 0 Å². The maximum atomic E-state index is 6.40. The molecule has 2 N–H and O–H groups in total. The van der Waals surface area contributed by atoms with Crippen molar-refractivity contribution in [2.24, 2.45) is 11.7 Å². The second-order valence-electron chi connectivity index (χ2n) is 5.22. The summed E-state index contributed by atoms with van der Waals surface area (Å²) in [6, 6.07) is 13.4. The lowest BCUT2D eigenvalue weighted by Gasteiger charge is -2.29. The van der Waals surface area contributed by atoms with Gasteiger partial charge in [-0.1, -0.05) is 30.3 Å². The smallest absolute Gasteiger partial charge is 0.0119 e. The van der Waals surface area contributed by atoms with Crippen molar-refractivity contribution in [3.05, 3.63) is 57.8 Å². The van der Waals surface area contributed by atoms with Gasteiger partial charge in [0.1, 0.15) is 0 Å². The molecule has 1 nitrogen and oxygen atoms in total. The maximum absolute atomic E-state index is 6.40. The van der Waals surface area contributed by atoms with Gasteiger partial charge in [0.05, 0.1) is 0 Å². The lowest BCUT2D eigenvalue weighted by molar-refractivity contribution is 0.374. The molecule has 2 aromatic rings. The summed E-state index contributed by atoms with van der Waals surface area (Å²) in [5, 5.41) is 2.14. The first-order valence-electron chi connectivity index (χ1n) is 6.67. The molecule has 3 rings (SSSR count). The predicted molar refractivity (Wildman–Crippen MR) is 78.0 cm³/mol. The molecule has 0 bridgehead atoms. The third kappa shape index (κ3) is 2.50. The quantitative estimate of drug-likeness (QED) is 0.896. The highest BCUT2D eigenvalue weighted by molar-refractivity contribution is 7.09. The van der Waals surface area contributed by atoms with E-state index in [-0.39, 0.29) is 0 Å². The van der Waals surface area contributed by atoms with Gasteiger partial charge in [0.2, 0.25) is 0 Å². The van der Waals surface area contributed by atoms with E-state index in [0.29, 0.717) is 12.0 Å². The van der Waals surface area contributed by atoms with Gasteiger partial charge in [-0.15, -0.1) is 11.3 Å². The van der Waals surface area contributed by atoms with Crippen molar-refractivity contribution in [2.75, 3.05) is 0 Å². The Labute approximate surface area is 113 Å². The first-order chi connectivity index (χ1) is 8.83. The summed E-state index contributed by atoms with van der Waals surface area (Å²) >= 11 is 1.82. The van der Waals surface area contributed by atoms with E-state index in [1.165, 1.54) is 28.8 Å². The molecule has 2 heteroatoms. The average Bonchev–Trinajstić information content (AvgIpc) is 2.91. The van der Waals surface area contributed by atoms with Crippen molar-refractivity contribution in [2.45, 2.75) is 31.7 Å². The van der Waals surface area contributed by atoms with Crippen LogP contribution in [0.5, 0.6) is 0 Å². The molecular weight excluding hydrogens is 238 g/mol. The summed E-state index contributed by atoms with van der Waals surface area (Å²) < 4.78 is 0. The largest absolute Gasteiger partial charge is 0.327 e. The molecule has 1 aliphatic carbocycles. The molecule has 0 saturated heterocycles. The van der Waals surface area contributed by atoms with Crippen LogP contribution in [0.3, 0.4) is 0 Å². The standard InChI is InChI=1S/C16H19NS/c17-16(11-15-6-3-9-18-15)14-8-7-12-4-1-2-5-13(12)10-14/h1-6,9,14,16H,7-8,10-11,17H2. The van der Waals surface area contributed by atoms with Gasteiger partial charge in [-0.25, -0.2) is 0 Å². The van der Waals surface area contributed by atoms with Crippen molar-refractivity contribution < 1.29 is 0 Å². The molecule has 1 heterocycles. The topological polar surface area (TPSA) is 26.0 Å². The van der Waals surface area contributed by atoms with Gasteiger partial charge in [-0.05, 0) is 54.2 Å². The highest BCUT2D eigenvalue weighted by Gasteiger charge is 2.23. The number of aryl methyl sites for hydroxylation is 1. The third-order valence-electron chi connectivity index (χ3n) is 4.01. The first-order valence-corrected chi connectivity index (χ1v) is 7.55. The minimum Gasteiger partial charge on any atom is -0.327 e. The van der Waals surface area contributed by atoms with Gasteiger partial charge in [-0.3, -0.25) is 0 Å². The van der Waals surface area contributed by atoms with E-state index in [2.05, 4.69) is 41.8 Å². The Bertz CT molecular complexity index is 504. The van der Waals surface area contributed by atoms with Crippen LogP contribution in [0.1, 0.15) is 22.4 Å². The predicted octanol–water partition coefficient (Wildman–Crippen LogP) is 3.42. The summed E-state index contributed by atoms with van der Waals surface area (Å²) in [6.07, 6.45) is 4.62. The molecule has 0 fully saturated rings. The molecule has 0 saturated carbocycles. The van der Waals surface area contributed by atoms with Crippen LogP contribution in [0.4, 0.5) is 0 Å². The minimum atomic E-state index is 0.303. The molecule has 2 unspecified atom stereocenters. The van der Waals surface area contributed by atoms with Gasteiger partial charge >= 0.3 is 0 Å². The van der Waals surface area contributed by atoms with Crippen molar-refractivity contribution >= 4 is 11.3 Å². The number of nitrogens with two attached hydrogens (primary N) is 1. The zero-order valence-electron chi connectivity index (χ0n) is 10.5. The number of thiophene rings is 1. The van der Waals surface area contributed by atoms with Crippen LogP contribution in [0.15, 0.2) is 41.8 Å². The molecule has 0 amide bonds. The van der Waals surface area contributed by atoms with E-state index in [1.54, 1.807) is 0 Å². The van der Waals surface area contributed by atoms with Crippen LogP contribution in [0.25, 0.3) is 0 Å². The van der Waals surface area contributed by atoms with Crippen molar-refractivity contribution in [3.63, 3.8) is 0 Å². The fourth-order valence-electron chi connectivity index (χ4n) is 2.92. The van der Waals surface area contributed by atoms with E-state index < -0.39 is 0 Å². The SMILES string of the molecule is NC(Cc1cccs1)C1CCc2ccccc2C1. The zero-order chi connectivity index (χ0) is 12.4. The third-order valence-corrected chi connectivity index (χ3v) is 4.91. The second-order valence-corrected chi connectivity index (χ2v) is 6.25. The van der Waals surface area contributed by atoms with Gasteiger partial charge in [0, 0.05) is 10.9 Å². The van der Waals surface area contributed by atoms with Crippen LogP contribution in [0, 0.1) is 5.92 Å². The molecule has 0 radical (unpaired) electrons. The van der Waals surface area contributed by atoms with Crippen molar-refractivity contribution in [1.29, 1.82) is 0 Å². The normalized spacial score (nSPS) is 20.4. The molecule has 2 atom stereocenters. The van der Waals surface area contributed by atoms with Gasteiger partial charge < -0.3 is 5.73 Å². The molecule has 1 aromatic heterocycles. The lowest BCUT2D eigenvalue weighted by atomic mass is 9.79. The van der Waals surface area contributed by atoms with Gasteiger partial charge in [0.15, 0.2) is 0 Å². The lowest BCUT2D eigenvalue weighted by Crippen LogP contribution is -2.35. The van der Waals surface area contributed by atoms with Crippen LogP contribution >= 0.6 is 11.3 Å². The fraction of sp³-hybridized carbons (Fsp3) is 0.375. The molecule has 18 heavy (non-hydrogen) atoms. The van der Waals surface area contributed by atoms with Gasteiger partial charge in [-0.2, -0.15) is 0 Å². The van der Waals surface area contributed by atoms with Crippen LogP contribution in [0.2, 0.25) is 0 Å². The minimum absolute atomic E-state index is 0.303. The van der Waals surface area contributed by atoms with E-state index >= 15 is 0 Å². The van der Waals surface area contributed by atoms with Crippen LogP contribution in [-0.2, 0) is 19.3 Å². The van der Waals surface area contributed by atoms with E-state index in [9.17, 15) is 0 Å². The average molecular weight is 257 g/mol. The monoisotopic (exact) mass is 257 g/mol. The Morgan fingerprint density at radius 2 is 2.00 bits per heavy atom. The van der Waals surface area contributed by atoms with E-state index in [1.807, 2.05) is 11.3 Å². The Balaban J connectivity index is 1.68. The van der Waals surface area contributed by atoms with E-state index in [0.717, 1.165) is 12.8 Å². The summed E-state index contributed by atoms with van der Waals surface area (Å²) in [4.78, 5) is 1.42. The molecule has 0 aliphatic heterocycles. The Hall–Kier alpha value is -1.12. The summed E-state index contributed by atoms with van der Waals surface area (Å²) in [5.41, 5.74) is 9.44. The molecule has 1 aliphatic rings. The number of benzene rings is 1. The van der Waals surface area contributed by atoms with Gasteiger partial charge in [0.25, 0.3) is 0 Å². The summed E-state index contributed by atoms with van der Waals surface area (Å²) in [6.45, 7) is 0. The number of hydrogen-bond acceptors (Lipinski definition) is 2. The zero-order valence-corrected chi connectivity index (χ0v) is 11.3. The Morgan fingerprint density at radius 1 is 1.17 bits per heavy atom. The maximum Gasteiger partial charge on any atom is 0.0119 e. The van der Waals surface area contributed by atoms with E-state index in [4.69, 9.17) is 5.73 Å². The highest BCUT2D eigenvalue weighted by Crippen LogP contribution is 2.28. The fourth-order valence-corrected chi connectivity index (χ4v) is 3.70. The molecule has 1 aromatic carbocycles. The Morgan fingerprint density at radius 3 is 2.78 bits per heavy atom. The van der Waals surface area contributed by atoms with Crippen LogP contribution in [-0.4, -0.2) is 6.04 Å². The summed E-state index contributed by atoms with van der Waals surface area (Å²) in [5.74, 6) is 0.641. The Kier molecular flexibility index (Phi) is 3.48. The summed E-state index contributed by atoms with van der Waals surface area (Å²) in [7, 11) is 0. The second kappa shape index (κ2) is 5.25.